The predicted octanol–water partition coefficient (Wildman–Crippen LogP) is 1.82. The first-order valence-electron chi connectivity index (χ1n) is 5.28. The molecule has 0 N–H and O–H groups in total. The van der Waals surface area contributed by atoms with E-state index in [2.05, 4.69) is 4.90 Å². The Morgan fingerprint density at radius 2 is 2.12 bits per heavy atom. The van der Waals surface area contributed by atoms with Gasteiger partial charge in [-0.2, -0.15) is 0 Å². The number of ether oxygens (including phenoxy) is 1. The van der Waals surface area contributed by atoms with Crippen LogP contribution < -0.4 is 4.90 Å². The molecule has 1 aromatic rings. The first-order chi connectivity index (χ1) is 7.66. The lowest BCUT2D eigenvalue weighted by Crippen LogP contribution is -2.41. The van der Waals surface area contributed by atoms with Crippen LogP contribution in [0.15, 0.2) is 24.3 Å². The molecule has 1 aliphatic rings. The summed E-state index contributed by atoms with van der Waals surface area (Å²) in [6.07, 6.45) is 0.212. The highest BCUT2D eigenvalue weighted by Gasteiger charge is 2.17. The number of non-ortho nitro benzene ring substituents is 1. The van der Waals surface area contributed by atoms with Crippen molar-refractivity contribution in [3.63, 3.8) is 0 Å². The lowest BCUT2D eigenvalue weighted by atomic mass is 10.2. The molecule has 2 rings (SSSR count). The first kappa shape index (κ1) is 10.9. The van der Waals surface area contributed by atoms with Crippen LogP contribution in [-0.4, -0.2) is 30.7 Å². The minimum atomic E-state index is -0.383. The molecular formula is C11H14N2O3. The fourth-order valence-corrected chi connectivity index (χ4v) is 1.84. The van der Waals surface area contributed by atoms with Crippen LogP contribution in [0.5, 0.6) is 0 Å². The van der Waals surface area contributed by atoms with E-state index in [9.17, 15) is 10.1 Å². The van der Waals surface area contributed by atoms with E-state index in [0.717, 1.165) is 18.8 Å². The molecule has 86 valence electrons. The minimum Gasteiger partial charge on any atom is -0.375 e. The van der Waals surface area contributed by atoms with Crippen molar-refractivity contribution in [3.05, 3.63) is 34.4 Å². The molecule has 1 aromatic carbocycles. The second-order valence-corrected chi connectivity index (χ2v) is 3.90. The van der Waals surface area contributed by atoms with Crippen LogP contribution in [0.1, 0.15) is 6.92 Å². The molecule has 1 unspecified atom stereocenters. The molecule has 0 radical (unpaired) electrons. The van der Waals surface area contributed by atoms with Crippen molar-refractivity contribution in [2.24, 2.45) is 0 Å². The number of morpholine rings is 1. The highest BCUT2D eigenvalue weighted by molar-refractivity contribution is 5.51. The van der Waals surface area contributed by atoms with Crippen LogP contribution in [0, 0.1) is 10.1 Å². The Kier molecular flexibility index (Phi) is 3.05. The summed E-state index contributed by atoms with van der Waals surface area (Å²) in [6.45, 7) is 4.40. The maximum Gasteiger partial charge on any atom is 0.269 e. The number of benzene rings is 1. The maximum atomic E-state index is 10.5. The van der Waals surface area contributed by atoms with E-state index in [1.807, 2.05) is 6.92 Å². The van der Waals surface area contributed by atoms with Crippen molar-refractivity contribution in [2.75, 3.05) is 24.6 Å². The topological polar surface area (TPSA) is 55.6 Å². The average Bonchev–Trinajstić information content (AvgIpc) is 2.29. The molecular weight excluding hydrogens is 208 g/mol. The zero-order valence-corrected chi connectivity index (χ0v) is 9.13. The lowest BCUT2D eigenvalue weighted by Gasteiger charge is -2.32. The zero-order chi connectivity index (χ0) is 11.5. The van der Waals surface area contributed by atoms with Crippen molar-refractivity contribution < 1.29 is 9.66 Å². The smallest absolute Gasteiger partial charge is 0.269 e. The summed E-state index contributed by atoms with van der Waals surface area (Å²) in [5, 5.41) is 10.5. The summed E-state index contributed by atoms with van der Waals surface area (Å²) in [6, 6.07) is 6.65. The van der Waals surface area contributed by atoms with E-state index in [4.69, 9.17) is 4.74 Å². The summed E-state index contributed by atoms with van der Waals surface area (Å²) in [4.78, 5) is 12.3. The van der Waals surface area contributed by atoms with Crippen LogP contribution in [0.2, 0.25) is 0 Å². The van der Waals surface area contributed by atoms with Gasteiger partial charge in [-0.25, -0.2) is 0 Å². The van der Waals surface area contributed by atoms with Crippen LogP contribution >= 0.6 is 0 Å². The Bertz CT molecular complexity index is 377. The number of rotatable bonds is 2. The van der Waals surface area contributed by atoms with Crippen molar-refractivity contribution >= 4 is 11.4 Å². The van der Waals surface area contributed by atoms with E-state index in [-0.39, 0.29) is 16.7 Å². The van der Waals surface area contributed by atoms with Gasteiger partial charge in [0.2, 0.25) is 0 Å². The third kappa shape index (κ3) is 2.30. The van der Waals surface area contributed by atoms with Crippen LogP contribution in [0.4, 0.5) is 11.4 Å². The summed E-state index contributed by atoms with van der Waals surface area (Å²) in [7, 11) is 0. The van der Waals surface area contributed by atoms with Gasteiger partial charge in [0, 0.05) is 30.9 Å². The predicted molar refractivity (Wildman–Crippen MR) is 60.7 cm³/mol. The number of hydrogen-bond acceptors (Lipinski definition) is 4. The molecule has 0 bridgehead atoms. The molecule has 1 saturated heterocycles. The van der Waals surface area contributed by atoms with Gasteiger partial charge >= 0.3 is 0 Å². The number of nitro benzene ring substituents is 1. The third-order valence-corrected chi connectivity index (χ3v) is 2.67. The molecule has 5 nitrogen and oxygen atoms in total. The molecule has 1 heterocycles. The Hall–Kier alpha value is -1.62. The van der Waals surface area contributed by atoms with Crippen molar-refractivity contribution in [1.29, 1.82) is 0 Å². The Balaban J connectivity index is 2.11. The largest absolute Gasteiger partial charge is 0.375 e. The highest BCUT2D eigenvalue weighted by atomic mass is 16.6. The van der Waals surface area contributed by atoms with Gasteiger partial charge in [0.25, 0.3) is 5.69 Å². The van der Waals surface area contributed by atoms with E-state index >= 15 is 0 Å². The summed E-state index contributed by atoms with van der Waals surface area (Å²) >= 11 is 0. The van der Waals surface area contributed by atoms with Gasteiger partial charge in [0.1, 0.15) is 0 Å². The second-order valence-electron chi connectivity index (χ2n) is 3.90. The molecule has 1 fully saturated rings. The standard InChI is InChI=1S/C11H14N2O3/c1-9-8-12(6-7-16-9)10-2-4-11(5-3-10)13(14)15/h2-5,9H,6-8H2,1H3. The van der Waals surface area contributed by atoms with Gasteiger partial charge < -0.3 is 9.64 Å². The van der Waals surface area contributed by atoms with Gasteiger partial charge in [-0.3, -0.25) is 10.1 Å². The quantitative estimate of drug-likeness (QED) is 0.565. The summed E-state index contributed by atoms with van der Waals surface area (Å²) < 4.78 is 5.44. The van der Waals surface area contributed by atoms with E-state index in [1.54, 1.807) is 12.1 Å². The van der Waals surface area contributed by atoms with Crippen molar-refractivity contribution in [3.8, 4) is 0 Å². The zero-order valence-electron chi connectivity index (χ0n) is 9.13. The van der Waals surface area contributed by atoms with Crippen molar-refractivity contribution in [1.82, 2.24) is 0 Å². The van der Waals surface area contributed by atoms with Gasteiger partial charge in [-0.1, -0.05) is 0 Å². The Morgan fingerprint density at radius 3 is 2.69 bits per heavy atom. The number of nitrogens with zero attached hydrogens (tertiary/aromatic N) is 2. The van der Waals surface area contributed by atoms with Gasteiger partial charge in [0.15, 0.2) is 0 Å². The molecule has 0 spiro atoms. The fourth-order valence-electron chi connectivity index (χ4n) is 1.84. The van der Waals surface area contributed by atoms with E-state index in [1.165, 1.54) is 12.1 Å². The molecule has 0 aromatic heterocycles. The minimum absolute atomic E-state index is 0.130. The van der Waals surface area contributed by atoms with Gasteiger partial charge in [-0.05, 0) is 19.1 Å². The van der Waals surface area contributed by atoms with Crippen molar-refractivity contribution in [2.45, 2.75) is 13.0 Å². The maximum absolute atomic E-state index is 10.5. The van der Waals surface area contributed by atoms with E-state index in [0.29, 0.717) is 6.61 Å². The summed E-state index contributed by atoms with van der Waals surface area (Å²) in [5.74, 6) is 0. The Morgan fingerprint density at radius 1 is 1.44 bits per heavy atom. The van der Waals surface area contributed by atoms with Crippen LogP contribution in [0.25, 0.3) is 0 Å². The molecule has 1 atom stereocenters. The fraction of sp³-hybridized carbons (Fsp3) is 0.455. The molecule has 0 aliphatic carbocycles. The third-order valence-electron chi connectivity index (χ3n) is 2.67. The normalized spacial score (nSPS) is 20.8. The second kappa shape index (κ2) is 4.49. The SMILES string of the molecule is CC1CN(c2ccc([N+](=O)[O-])cc2)CCO1. The average molecular weight is 222 g/mol. The highest BCUT2D eigenvalue weighted by Crippen LogP contribution is 2.21. The van der Waals surface area contributed by atoms with E-state index < -0.39 is 0 Å². The lowest BCUT2D eigenvalue weighted by molar-refractivity contribution is -0.384. The number of nitro groups is 1. The molecule has 0 saturated carbocycles. The molecule has 0 amide bonds. The van der Waals surface area contributed by atoms with Gasteiger partial charge in [0.05, 0.1) is 17.6 Å². The number of hydrogen-bond donors (Lipinski definition) is 0. The summed E-state index contributed by atoms with van der Waals surface area (Å²) in [5.41, 5.74) is 1.14. The first-order valence-corrected chi connectivity index (χ1v) is 5.28. The van der Waals surface area contributed by atoms with Crippen LogP contribution in [0.3, 0.4) is 0 Å². The monoisotopic (exact) mass is 222 g/mol. The molecule has 16 heavy (non-hydrogen) atoms. The van der Waals surface area contributed by atoms with Crippen LogP contribution in [-0.2, 0) is 4.74 Å². The number of anilines is 1. The molecule has 5 heteroatoms. The van der Waals surface area contributed by atoms with Gasteiger partial charge in [-0.15, -0.1) is 0 Å². The molecule has 1 aliphatic heterocycles. The Labute approximate surface area is 93.8 Å².